The molecule has 0 saturated heterocycles. The Morgan fingerprint density at radius 2 is 1.52 bits per heavy atom. The molecule has 29 heavy (non-hydrogen) atoms. The number of anilines is 4. The van der Waals surface area contributed by atoms with Crippen molar-refractivity contribution in [2.45, 2.75) is 19.6 Å². The van der Waals surface area contributed by atoms with Crippen molar-refractivity contribution in [2.24, 2.45) is 0 Å². The third-order valence-corrected chi connectivity index (χ3v) is 7.06. The van der Waals surface area contributed by atoms with Crippen molar-refractivity contribution in [1.29, 1.82) is 0 Å². The van der Waals surface area contributed by atoms with Gasteiger partial charge in [-0.3, -0.25) is 9.11 Å². The molecule has 8 nitrogen and oxygen atoms in total. The molecule has 0 amide bonds. The second-order valence-electron chi connectivity index (χ2n) is 6.17. The van der Waals surface area contributed by atoms with Gasteiger partial charge in [-0.2, -0.15) is 16.8 Å². The standard InChI is InChI=1S/C18H14N2O6S3/c21-28(22,23)12-6-8-18(29(24,25)26)15(10-12)19-11-5-7-14-17(9-11)27-16-4-2-1-3-13(16)20-14/h1-10,19-20H,(H,21,22,23)(H,24,25,26). The third kappa shape index (κ3) is 4.09. The summed E-state index contributed by atoms with van der Waals surface area (Å²) in [4.78, 5) is 0.867. The Morgan fingerprint density at radius 3 is 2.24 bits per heavy atom. The minimum Gasteiger partial charge on any atom is -0.354 e. The van der Waals surface area contributed by atoms with E-state index in [1.807, 2.05) is 24.3 Å². The zero-order chi connectivity index (χ0) is 20.8. The third-order valence-electron chi connectivity index (χ3n) is 4.16. The lowest BCUT2D eigenvalue weighted by molar-refractivity contribution is 0.479. The highest BCUT2D eigenvalue weighted by Crippen LogP contribution is 2.45. The quantitative estimate of drug-likeness (QED) is 0.339. The van der Waals surface area contributed by atoms with E-state index in [1.54, 1.807) is 18.2 Å². The molecule has 4 rings (SSSR count). The molecular weight excluding hydrogens is 436 g/mol. The monoisotopic (exact) mass is 450 g/mol. The molecule has 1 aliphatic heterocycles. The average Bonchev–Trinajstić information content (AvgIpc) is 2.64. The fourth-order valence-electron chi connectivity index (χ4n) is 2.86. The van der Waals surface area contributed by atoms with E-state index in [9.17, 15) is 25.9 Å². The molecule has 0 unspecified atom stereocenters. The zero-order valence-corrected chi connectivity index (χ0v) is 17.0. The zero-order valence-electron chi connectivity index (χ0n) is 14.5. The van der Waals surface area contributed by atoms with Gasteiger partial charge in [0.1, 0.15) is 4.90 Å². The Labute approximate surface area is 171 Å². The summed E-state index contributed by atoms with van der Waals surface area (Å²) in [7, 11) is -9.19. The molecule has 1 heterocycles. The molecule has 0 aliphatic carbocycles. The number of hydrogen-bond acceptors (Lipinski definition) is 7. The second kappa shape index (κ2) is 7.04. The van der Waals surface area contributed by atoms with Gasteiger partial charge in [0.15, 0.2) is 0 Å². The van der Waals surface area contributed by atoms with E-state index in [2.05, 4.69) is 10.6 Å². The Morgan fingerprint density at radius 1 is 0.793 bits per heavy atom. The topological polar surface area (TPSA) is 133 Å². The number of fused-ring (bicyclic) bond motifs is 2. The van der Waals surface area contributed by atoms with Crippen LogP contribution >= 0.6 is 11.8 Å². The fraction of sp³-hybridized carbons (Fsp3) is 0. The normalized spacial score (nSPS) is 13.2. The molecule has 0 atom stereocenters. The van der Waals surface area contributed by atoms with E-state index in [-0.39, 0.29) is 5.69 Å². The highest BCUT2D eigenvalue weighted by atomic mass is 32.2. The van der Waals surface area contributed by atoms with Gasteiger partial charge in [0, 0.05) is 15.5 Å². The van der Waals surface area contributed by atoms with Crippen molar-refractivity contribution < 1.29 is 25.9 Å². The van der Waals surface area contributed by atoms with E-state index in [0.29, 0.717) is 5.69 Å². The molecule has 3 aromatic rings. The SMILES string of the molecule is O=S(=O)(O)c1ccc(S(=O)(=O)O)c(Nc2ccc3c(c2)Sc2ccccc2N3)c1. The van der Waals surface area contributed by atoms with Crippen molar-refractivity contribution in [3.05, 3.63) is 60.7 Å². The van der Waals surface area contributed by atoms with Crippen molar-refractivity contribution in [1.82, 2.24) is 0 Å². The Bertz CT molecular complexity index is 1340. The van der Waals surface area contributed by atoms with Crippen LogP contribution in [-0.2, 0) is 20.2 Å². The molecule has 0 saturated carbocycles. The summed E-state index contributed by atoms with van der Waals surface area (Å²) in [5, 5.41) is 6.11. The molecule has 0 fully saturated rings. The maximum absolute atomic E-state index is 11.7. The van der Waals surface area contributed by atoms with Crippen LogP contribution in [-0.4, -0.2) is 25.9 Å². The first-order valence-corrected chi connectivity index (χ1v) is 11.8. The predicted octanol–water partition coefficient (Wildman–Crippen LogP) is 4.13. The number of para-hydroxylation sites is 1. The maximum atomic E-state index is 11.7. The lowest BCUT2D eigenvalue weighted by Crippen LogP contribution is -2.07. The minimum absolute atomic E-state index is 0.184. The van der Waals surface area contributed by atoms with Gasteiger partial charge in [-0.25, -0.2) is 0 Å². The van der Waals surface area contributed by atoms with Crippen LogP contribution in [0.25, 0.3) is 0 Å². The first-order chi connectivity index (χ1) is 13.6. The summed E-state index contributed by atoms with van der Waals surface area (Å²) < 4.78 is 64.8. The van der Waals surface area contributed by atoms with Crippen LogP contribution in [0, 0.1) is 0 Å². The lowest BCUT2D eigenvalue weighted by atomic mass is 10.2. The highest BCUT2D eigenvalue weighted by molar-refractivity contribution is 7.99. The average molecular weight is 451 g/mol. The summed E-state index contributed by atoms with van der Waals surface area (Å²) in [6.07, 6.45) is 0. The molecule has 0 aromatic heterocycles. The molecule has 0 bridgehead atoms. The van der Waals surface area contributed by atoms with E-state index in [0.717, 1.165) is 39.4 Å². The van der Waals surface area contributed by atoms with Crippen LogP contribution in [0.5, 0.6) is 0 Å². The van der Waals surface area contributed by atoms with Crippen LogP contribution < -0.4 is 10.6 Å². The smallest absolute Gasteiger partial charge is 0.296 e. The maximum Gasteiger partial charge on any atom is 0.296 e. The summed E-state index contributed by atoms with van der Waals surface area (Å²) in [6, 6.07) is 15.7. The molecular formula is C18H14N2O6S3. The minimum atomic E-state index is -4.63. The summed E-state index contributed by atoms with van der Waals surface area (Å²) in [5.74, 6) is 0. The highest BCUT2D eigenvalue weighted by Gasteiger charge is 2.21. The Hall–Kier alpha value is -2.57. The van der Waals surface area contributed by atoms with Crippen LogP contribution in [0.3, 0.4) is 0 Å². The van der Waals surface area contributed by atoms with Crippen molar-refractivity contribution in [2.75, 3.05) is 10.6 Å². The van der Waals surface area contributed by atoms with Crippen molar-refractivity contribution in [3.63, 3.8) is 0 Å². The molecule has 11 heteroatoms. The second-order valence-corrected chi connectivity index (χ2v) is 10.1. The number of rotatable bonds is 4. The first kappa shape index (κ1) is 19.7. The van der Waals surface area contributed by atoms with Crippen LogP contribution in [0.15, 0.2) is 80.2 Å². The Kier molecular flexibility index (Phi) is 4.79. The number of benzene rings is 3. The molecule has 150 valence electrons. The summed E-state index contributed by atoms with van der Waals surface area (Å²) >= 11 is 1.52. The van der Waals surface area contributed by atoms with Gasteiger partial charge < -0.3 is 10.6 Å². The first-order valence-electron chi connectivity index (χ1n) is 8.15. The molecule has 3 aromatic carbocycles. The largest absolute Gasteiger partial charge is 0.354 e. The molecule has 0 spiro atoms. The van der Waals surface area contributed by atoms with E-state index in [4.69, 9.17) is 0 Å². The van der Waals surface area contributed by atoms with Crippen LogP contribution in [0.4, 0.5) is 22.7 Å². The van der Waals surface area contributed by atoms with Gasteiger partial charge in [-0.05, 0) is 48.5 Å². The number of hydrogen-bond donors (Lipinski definition) is 4. The molecule has 4 N–H and O–H groups in total. The molecule has 1 aliphatic rings. The van der Waals surface area contributed by atoms with Gasteiger partial charge in [0.2, 0.25) is 0 Å². The lowest BCUT2D eigenvalue weighted by Gasteiger charge is -2.21. The van der Waals surface area contributed by atoms with Crippen molar-refractivity contribution >= 4 is 54.7 Å². The van der Waals surface area contributed by atoms with Gasteiger partial charge in [-0.15, -0.1) is 0 Å². The van der Waals surface area contributed by atoms with Gasteiger partial charge in [0.05, 0.1) is 22.0 Å². The Balaban J connectivity index is 1.73. The number of nitrogens with one attached hydrogen (secondary N) is 2. The van der Waals surface area contributed by atoms with E-state index >= 15 is 0 Å². The predicted molar refractivity (Wildman–Crippen MR) is 110 cm³/mol. The van der Waals surface area contributed by atoms with Crippen LogP contribution in [0.1, 0.15) is 0 Å². The van der Waals surface area contributed by atoms with Gasteiger partial charge in [0.25, 0.3) is 20.2 Å². The van der Waals surface area contributed by atoms with Crippen molar-refractivity contribution in [3.8, 4) is 0 Å². The fourth-order valence-corrected chi connectivity index (χ4v) is 5.02. The summed E-state index contributed by atoms with van der Waals surface area (Å²) in [5.41, 5.74) is 2.12. The van der Waals surface area contributed by atoms with Crippen LogP contribution in [0.2, 0.25) is 0 Å². The molecule has 0 radical (unpaired) electrons. The van der Waals surface area contributed by atoms with Gasteiger partial charge >= 0.3 is 0 Å². The van der Waals surface area contributed by atoms with Gasteiger partial charge in [-0.1, -0.05) is 23.9 Å². The van der Waals surface area contributed by atoms with E-state index < -0.39 is 30.0 Å². The van der Waals surface area contributed by atoms with E-state index in [1.165, 1.54) is 11.8 Å². The summed E-state index contributed by atoms with van der Waals surface area (Å²) in [6.45, 7) is 0.